The lowest BCUT2D eigenvalue weighted by molar-refractivity contribution is 0.497. The molecule has 0 saturated carbocycles. The summed E-state index contributed by atoms with van der Waals surface area (Å²) in [7, 11) is -15.9. The van der Waals surface area contributed by atoms with Crippen molar-refractivity contribution >= 4 is 40.9 Å². The van der Waals surface area contributed by atoms with Crippen molar-refractivity contribution in [2.45, 2.75) is 81.7 Å². The van der Waals surface area contributed by atoms with Crippen LogP contribution >= 0.6 is 20.6 Å². The quantitative estimate of drug-likeness (QED) is 0.122. The normalized spacial score (nSPS) is 13.6. The monoisotopic (exact) mass is 812 g/mol. The van der Waals surface area contributed by atoms with Gasteiger partial charge in [0.2, 0.25) is 5.08 Å². The Morgan fingerprint density at radius 1 is 0.345 bits per heavy atom. The largest absolute Gasteiger partial charge is 0.294 e. The van der Waals surface area contributed by atoms with Crippen LogP contribution in [0.4, 0.5) is 0 Å². The summed E-state index contributed by atoms with van der Waals surface area (Å²) in [6.45, 7) is 12.6. The highest BCUT2D eigenvalue weighted by atomic mass is 32.3. The Labute approximate surface area is 330 Å². The molecule has 0 bridgehead atoms. The van der Waals surface area contributed by atoms with Gasteiger partial charge in [0.25, 0.3) is 20.2 Å². The van der Waals surface area contributed by atoms with Crippen LogP contribution in [0.15, 0.2) is 199 Å². The third-order valence-corrected chi connectivity index (χ3v) is 20.3. The molecule has 0 amide bonds. The number of hydrogen-bond acceptors (Lipinski definition) is 6. The predicted molar refractivity (Wildman–Crippen MR) is 226 cm³/mol. The fourth-order valence-corrected chi connectivity index (χ4v) is 18.0. The zero-order chi connectivity index (χ0) is 39.5. The first-order valence-electron chi connectivity index (χ1n) is 17.9. The summed E-state index contributed by atoms with van der Waals surface area (Å²) in [6.07, 6.45) is 0. The second kappa shape index (κ2) is 15.8. The van der Waals surface area contributed by atoms with Gasteiger partial charge in [0.1, 0.15) is 0 Å². The lowest BCUT2D eigenvalue weighted by atomic mass is 9.87. The molecule has 0 fully saturated rings. The van der Waals surface area contributed by atoms with Crippen molar-refractivity contribution in [3.8, 4) is 0 Å². The van der Waals surface area contributed by atoms with E-state index in [2.05, 4.69) is 41.5 Å². The Morgan fingerprint density at radius 2 is 0.564 bits per heavy atom. The van der Waals surface area contributed by atoms with Crippen LogP contribution in [0.2, 0.25) is 0 Å². The molecule has 0 heterocycles. The number of hydrogen-bond donors (Lipinski definition) is 0. The van der Waals surface area contributed by atoms with Gasteiger partial charge in [-0.2, -0.15) is 16.8 Å². The molecule has 288 valence electrons. The van der Waals surface area contributed by atoms with Crippen LogP contribution in [0.5, 0.6) is 0 Å². The Morgan fingerprint density at radius 3 is 0.782 bits per heavy atom. The van der Waals surface area contributed by atoms with Crippen molar-refractivity contribution in [1.82, 2.24) is 0 Å². The van der Waals surface area contributed by atoms with Crippen LogP contribution in [-0.2, 0) is 38.3 Å². The van der Waals surface area contributed by atoms with E-state index in [0.29, 0.717) is 29.4 Å². The lowest BCUT2D eigenvalue weighted by Gasteiger charge is -2.41. The zero-order valence-corrected chi connectivity index (χ0v) is 35.2. The Bertz CT molecular complexity index is 2150. The van der Waals surface area contributed by atoms with Gasteiger partial charge >= 0.3 is 0 Å². The highest BCUT2D eigenvalue weighted by Gasteiger charge is 2.43. The van der Waals surface area contributed by atoms with Crippen LogP contribution in [0.25, 0.3) is 0 Å². The molecular weight excluding hydrogens is 765 g/mol. The first-order chi connectivity index (χ1) is 26.0. The molecule has 0 atom stereocenters. The average molecular weight is 813 g/mol. The third kappa shape index (κ3) is 8.80. The molecule has 0 aliphatic carbocycles. The minimum absolute atomic E-state index is 0.159. The molecule has 0 aromatic heterocycles. The summed E-state index contributed by atoms with van der Waals surface area (Å²) in [5.41, 5.74) is 1.80. The molecule has 0 aliphatic rings. The van der Waals surface area contributed by atoms with Crippen LogP contribution in [0.3, 0.4) is 0 Å². The van der Waals surface area contributed by atoms with Crippen LogP contribution in [0, 0.1) is 0 Å². The Balaban J connectivity index is 1.50. The van der Waals surface area contributed by atoms with Crippen molar-refractivity contribution < 1.29 is 24.1 Å². The fourth-order valence-electron chi connectivity index (χ4n) is 6.32. The molecule has 6 nitrogen and oxygen atoms in total. The molecule has 10 heteroatoms. The van der Waals surface area contributed by atoms with E-state index in [1.807, 2.05) is 170 Å². The van der Waals surface area contributed by atoms with Crippen LogP contribution in [-0.4, -0.2) is 21.9 Å². The molecule has 0 spiro atoms. The average Bonchev–Trinajstić information content (AvgIpc) is 3.16. The molecule has 0 saturated heterocycles. The topological polar surface area (TPSA) is 86.7 Å². The second-order valence-electron chi connectivity index (χ2n) is 15.3. The predicted octanol–water partition coefficient (Wildman–Crippen LogP) is 12.0. The van der Waals surface area contributed by atoms with E-state index >= 15 is 0 Å². The van der Waals surface area contributed by atoms with Gasteiger partial charge in [-0.1, -0.05) is 139 Å². The van der Waals surface area contributed by atoms with E-state index in [-0.39, 0.29) is 10.8 Å². The van der Waals surface area contributed by atoms with E-state index in [1.165, 1.54) is 0 Å². The standard InChI is InChI=1S/C45H48O6S4/c1-44(2,3)36-27-31-42(32-28-36)54(38-19-11-7-12-20-38,39-21-13-8-14-22-39)50-52(46,47)35-53(48,49)51-55(40-23-15-9-16-24-40,41-25-17-10-18-26-41)43-33-29-37(30-34-43)45(4,5)6/h7-34H,35H2,1-6H3. The maximum absolute atomic E-state index is 14.6. The molecule has 0 radical (unpaired) electrons. The fraction of sp³-hybridized carbons (Fsp3) is 0.200. The Kier molecular flexibility index (Phi) is 11.6. The maximum Gasteiger partial charge on any atom is 0.294 e. The van der Waals surface area contributed by atoms with Gasteiger partial charge < -0.3 is 0 Å². The minimum atomic E-state index is -4.89. The van der Waals surface area contributed by atoms with E-state index < -0.39 is 45.9 Å². The molecule has 0 aliphatic heterocycles. The zero-order valence-electron chi connectivity index (χ0n) is 32.0. The van der Waals surface area contributed by atoms with Gasteiger partial charge in [-0.3, -0.25) is 0 Å². The first kappa shape index (κ1) is 40.5. The van der Waals surface area contributed by atoms with Gasteiger partial charge in [0.15, 0.2) is 0 Å². The SMILES string of the molecule is CC(C)(C)c1ccc(S(OS(=O)(=O)CS(=O)(=O)OS(c2ccccc2)(c2ccccc2)c2ccc(C(C)(C)C)cc2)(c2ccccc2)c2ccccc2)cc1. The lowest BCUT2D eigenvalue weighted by Crippen LogP contribution is -2.25. The van der Waals surface area contributed by atoms with Gasteiger partial charge in [0, 0.05) is 29.4 Å². The van der Waals surface area contributed by atoms with Crippen molar-refractivity contribution in [3.05, 3.63) is 181 Å². The van der Waals surface area contributed by atoms with Gasteiger partial charge in [0.05, 0.1) is 0 Å². The molecule has 0 N–H and O–H groups in total. The molecule has 55 heavy (non-hydrogen) atoms. The second-order valence-corrected chi connectivity index (χ2v) is 24.6. The summed E-state index contributed by atoms with van der Waals surface area (Å²) in [5.74, 6) is 0. The van der Waals surface area contributed by atoms with E-state index in [4.69, 9.17) is 7.26 Å². The summed E-state index contributed by atoms with van der Waals surface area (Å²) < 4.78 is 71.3. The summed E-state index contributed by atoms with van der Waals surface area (Å²) >= 11 is 0. The maximum atomic E-state index is 14.6. The number of benzene rings is 6. The van der Waals surface area contributed by atoms with Crippen molar-refractivity contribution in [2.24, 2.45) is 0 Å². The van der Waals surface area contributed by atoms with E-state index in [9.17, 15) is 16.8 Å². The third-order valence-electron chi connectivity index (χ3n) is 9.11. The van der Waals surface area contributed by atoms with Gasteiger partial charge in [-0.25, -0.2) is 7.26 Å². The molecule has 0 unspecified atom stereocenters. The summed E-state index contributed by atoms with van der Waals surface area (Å²) in [5, 5.41) is -1.41. The van der Waals surface area contributed by atoms with Crippen LogP contribution in [0.1, 0.15) is 52.7 Å². The Hall–Kier alpha value is -4.16. The molecule has 6 aromatic rings. The van der Waals surface area contributed by atoms with Crippen molar-refractivity contribution in [3.63, 3.8) is 0 Å². The highest BCUT2D eigenvalue weighted by Crippen LogP contribution is 2.72. The summed E-state index contributed by atoms with van der Waals surface area (Å²) in [4.78, 5) is 3.59. The minimum Gasteiger partial charge on any atom is -0.206 e. The molecule has 6 rings (SSSR count). The smallest absolute Gasteiger partial charge is 0.206 e. The van der Waals surface area contributed by atoms with Crippen molar-refractivity contribution in [2.75, 3.05) is 5.08 Å². The van der Waals surface area contributed by atoms with Crippen molar-refractivity contribution in [1.29, 1.82) is 0 Å². The summed E-state index contributed by atoms with van der Waals surface area (Å²) in [6, 6.07) is 52.0. The molecule has 6 aromatic carbocycles. The van der Waals surface area contributed by atoms with Gasteiger partial charge in [-0.15, -0.1) is 0 Å². The number of rotatable bonds is 12. The van der Waals surface area contributed by atoms with Gasteiger partial charge in [-0.05, 0) is 115 Å². The van der Waals surface area contributed by atoms with E-state index in [0.717, 1.165) is 11.1 Å². The molecular formula is C45H48O6S4. The first-order valence-corrected chi connectivity index (χ1v) is 24.2. The van der Waals surface area contributed by atoms with Crippen LogP contribution < -0.4 is 0 Å². The highest BCUT2D eigenvalue weighted by molar-refractivity contribution is 8.35. The van der Waals surface area contributed by atoms with E-state index in [1.54, 1.807) is 0 Å².